The molecule has 0 bridgehead atoms. The molecule has 1 heterocycles. The second kappa shape index (κ2) is 6.68. The molecule has 3 nitrogen and oxygen atoms in total. The first-order chi connectivity index (χ1) is 8.72. The Balaban J connectivity index is 1.87. The van der Waals surface area contributed by atoms with Crippen LogP contribution in [0.1, 0.15) is 35.4 Å². The maximum absolute atomic E-state index is 12.0. The van der Waals surface area contributed by atoms with Crippen molar-refractivity contribution in [3.63, 3.8) is 0 Å². The summed E-state index contributed by atoms with van der Waals surface area (Å²) in [5, 5.41) is 14.2. The van der Waals surface area contributed by atoms with Gasteiger partial charge in [-0.15, -0.1) is 11.3 Å². The molecule has 0 spiro atoms. The highest BCUT2D eigenvalue weighted by atomic mass is 79.9. The Morgan fingerprint density at radius 1 is 1.44 bits per heavy atom. The van der Waals surface area contributed by atoms with Crippen molar-refractivity contribution < 1.29 is 9.90 Å². The van der Waals surface area contributed by atoms with Crippen LogP contribution in [0.2, 0.25) is 0 Å². The number of halogens is 1. The minimum Gasteiger partial charge on any atom is -0.396 e. The van der Waals surface area contributed by atoms with Crippen LogP contribution in [-0.4, -0.2) is 24.2 Å². The number of rotatable bonds is 4. The van der Waals surface area contributed by atoms with Crippen molar-refractivity contribution >= 4 is 33.2 Å². The van der Waals surface area contributed by atoms with Crippen LogP contribution >= 0.6 is 27.3 Å². The van der Waals surface area contributed by atoms with Gasteiger partial charge in [-0.25, -0.2) is 0 Å². The monoisotopic (exact) mass is 331 g/mol. The number of hydrogen-bond donors (Lipinski definition) is 2. The number of amides is 1. The van der Waals surface area contributed by atoms with Crippen molar-refractivity contribution in [2.45, 2.75) is 25.7 Å². The molecule has 2 N–H and O–H groups in total. The lowest BCUT2D eigenvalue weighted by Crippen LogP contribution is -2.35. The van der Waals surface area contributed by atoms with E-state index in [0.717, 1.165) is 22.2 Å². The average Bonchev–Trinajstić information content (AvgIpc) is 2.82. The molecule has 2 rings (SSSR count). The molecule has 2 unspecified atom stereocenters. The molecule has 5 heteroatoms. The highest BCUT2D eigenvalue weighted by molar-refractivity contribution is 9.10. The Bertz CT molecular complexity index is 407. The molecule has 0 aromatic carbocycles. The van der Waals surface area contributed by atoms with Crippen LogP contribution < -0.4 is 5.32 Å². The maximum Gasteiger partial charge on any atom is 0.262 e. The third-order valence-electron chi connectivity index (χ3n) is 3.65. The van der Waals surface area contributed by atoms with E-state index in [-0.39, 0.29) is 12.5 Å². The molecule has 0 aliphatic heterocycles. The normalized spacial score (nSPS) is 23.9. The third-order valence-corrected chi connectivity index (χ3v) is 5.49. The Labute approximate surface area is 120 Å². The standard InChI is InChI=1S/C13H18BrNO2S/c14-11-5-6-18-12(11)13(17)15-7-9-3-1-2-4-10(9)8-16/h5-6,9-10,16H,1-4,7-8H2,(H,15,17). The highest BCUT2D eigenvalue weighted by Gasteiger charge is 2.25. The van der Waals surface area contributed by atoms with Gasteiger partial charge in [0.2, 0.25) is 0 Å². The molecule has 1 saturated carbocycles. The molecular formula is C13H18BrNO2S. The summed E-state index contributed by atoms with van der Waals surface area (Å²) in [5.41, 5.74) is 0. The summed E-state index contributed by atoms with van der Waals surface area (Å²) < 4.78 is 0.854. The fourth-order valence-corrected chi connectivity index (χ4v) is 4.02. The summed E-state index contributed by atoms with van der Waals surface area (Å²) in [4.78, 5) is 12.7. The summed E-state index contributed by atoms with van der Waals surface area (Å²) in [6.07, 6.45) is 4.60. The molecular weight excluding hydrogens is 314 g/mol. The average molecular weight is 332 g/mol. The van der Waals surface area contributed by atoms with Crippen molar-refractivity contribution in [1.82, 2.24) is 5.32 Å². The number of hydrogen-bond acceptors (Lipinski definition) is 3. The molecule has 100 valence electrons. The van der Waals surface area contributed by atoms with Gasteiger partial charge in [-0.1, -0.05) is 12.8 Å². The van der Waals surface area contributed by atoms with Gasteiger partial charge in [0.25, 0.3) is 5.91 Å². The quantitative estimate of drug-likeness (QED) is 0.890. The minimum atomic E-state index is -0.0147. The molecule has 1 aromatic rings. The van der Waals surface area contributed by atoms with Crippen LogP contribution in [0, 0.1) is 11.8 Å². The summed E-state index contributed by atoms with van der Waals surface area (Å²) in [6, 6.07) is 1.89. The number of nitrogens with one attached hydrogen (secondary N) is 1. The second-order valence-corrected chi connectivity index (χ2v) is 6.57. The first-order valence-electron chi connectivity index (χ1n) is 6.34. The summed E-state index contributed by atoms with van der Waals surface area (Å²) >= 11 is 4.81. The van der Waals surface area contributed by atoms with Gasteiger partial charge in [0.05, 0.1) is 0 Å². The Morgan fingerprint density at radius 2 is 2.17 bits per heavy atom. The predicted octanol–water partition coefficient (Wildman–Crippen LogP) is 3.04. The Morgan fingerprint density at radius 3 is 2.78 bits per heavy atom. The lowest BCUT2D eigenvalue weighted by Gasteiger charge is -2.30. The van der Waals surface area contributed by atoms with E-state index in [4.69, 9.17) is 0 Å². The van der Waals surface area contributed by atoms with Crippen molar-refractivity contribution in [2.24, 2.45) is 11.8 Å². The summed E-state index contributed by atoms with van der Waals surface area (Å²) in [6.45, 7) is 0.914. The van der Waals surface area contributed by atoms with Gasteiger partial charge in [0.1, 0.15) is 4.88 Å². The predicted molar refractivity (Wildman–Crippen MR) is 76.9 cm³/mol. The van der Waals surface area contributed by atoms with E-state index in [2.05, 4.69) is 21.2 Å². The fourth-order valence-electron chi connectivity index (χ4n) is 2.55. The van der Waals surface area contributed by atoms with E-state index in [0.29, 0.717) is 18.4 Å². The molecule has 1 fully saturated rings. The molecule has 0 radical (unpaired) electrons. The number of carbonyl (C=O) groups excluding carboxylic acids is 1. The van der Waals surface area contributed by atoms with Gasteiger partial charge in [0.15, 0.2) is 0 Å². The van der Waals surface area contributed by atoms with Gasteiger partial charge in [-0.05, 0) is 52.1 Å². The van der Waals surface area contributed by atoms with E-state index in [1.54, 1.807) is 0 Å². The Kier molecular flexibility index (Phi) is 5.21. The van der Waals surface area contributed by atoms with Crippen molar-refractivity contribution in [3.05, 3.63) is 20.8 Å². The van der Waals surface area contributed by atoms with E-state index >= 15 is 0 Å². The zero-order valence-corrected chi connectivity index (χ0v) is 12.6. The van der Waals surface area contributed by atoms with Gasteiger partial charge < -0.3 is 10.4 Å². The first-order valence-corrected chi connectivity index (χ1v) is 8.01. The lowest BCUT2D eigenvalue weighted by atomic mass is 9.79. The van der Waals surface area contributed by atoms with E-state index < -0.39 is 0 Å². The van der Waals surface area contributed by atoms with E-state index in [1.807, 2.05) is 11.4 Å². The van der Waals surface area contributed by atoms with Crippen LogP contribution in [0.5, 0.6) is 0 Å². The number of aliphatic hydroxyl groups excluding tert-OH is 1. The molecule has 18 heavy (non-hydrogen) atoms. The third kappa shape index (κ3) is 3.33. The fraction of sp³-hybridized carbons (Fsp3) is 0.615. The summed E-state index contributed by atoms with van der Waals surface area (Å²) in [5.74, 6) is 0.761. The first kappa shape index (κ1) is 14.0. The SMILES string of the molecule is O=C(NCC1CCCCC1CO)c1sccc1Br. The summed E-state index contributed by atoms with van der Waals surface area (Å²) in [7, 11) is 0. The van der Waals surface area contributed by atoms with Gasteiger partial charge in [-0.2, -0.15) is 0 Å². The molecule has 1 aliphatic rings. The molecule has 2 atom stereocenters. The smallest absolute Gasteiger partial charge is 0.262 e. The molecule has 1 aromatic heterocycles. The molecule has 1 aliphatic carbocycles. The zero-order chi connectivity index (χ0) is 13.0. The van der Waals surface area contributed by atoms with Gasteiger partial charge in [-0.3, -0.25) is 4.79 Å². The zero-order valence-electron chi connectivity index (χ0n) is 10.2. The lowest BCUT2D eigenvalue weighted by molar-refractivity contribution is 0.0912. The Hall–Kier alpha value is -0.390. The van der Waals surface area contributed by atoms with Crippen LogP contribution in [0.3, 0.4) is 0 Å². The van der Waals surface area contributed by atoms with Crippen molar-refractivity contribution in [1.29, 1.82) is 0 Å². The second-order valence-electron chi connectivity index (χ2n) is 4.79. The topological polar surface area (TPSA) is 49.3 Å². The van der Waals surface area contributed by atoms with Gasteiger partial charge >= 0.3 is 0 Å². The largest absolute Gasteiger partial charge is 0.396 e. The van der Waals surface area contributed by atoms with E-state index in [1.165, 1.54) is 24.2 Å². The molecule has 0 saturated heterocycles. The minimum absolute atomic E-state index is 0.0147. The highest BCUT2D eigenvalue weighted by Crippen LogP contribution is 2.29. The number of thiophene rings is 1. The number of aliphatic hydroxyl groups is 1. The van der Waals surface area contributed by atoms with Crippen molar-refractivity contribution in [2.75, 3.05) is 13.2 Å². The maximum atomic E-state index is 12.0. The van der Waals surface area contributed by atoms with Crippen LogP contribution in [0.4, 0.5) is 0 Å². The van der Waals surface area contributed by atoms with E-state index in [9.17, 15) is 9.90 Å². The van der Waals surface area contributed by atoms with Gasteiger partial charge in [0, 0.05) is 17.6 Å². The van der Waals surface area contributed by atoms with Crippen molar-refractivity contribution in [3.8, 4) is 0 Å². The van der Waals surface area contributed by atoms with Crippen LogP contribution in [0.15, 0.2) is 15.9 Å². The molecule has 1 amide bonds. The van der Waals surface area contributed by atoms with Crippen LogP contribution in [0.25, 0.3) is 0 Å². The van der Waals surface area contributed by atoms with Crippen LogP contribution in [-0.2, 0) is 0 Å². The number of carbonyl (C=O) groups is 1.